The van der Waals surface area contributed by atoms with Gasteiger partial charge in [-0.2, -0.15) is 0 Å². The highest BCUT2D eigenvalue weighted by atomic mass is 16.5. The number of nitrogens with one attached hydrogen (secondary N) is 1. The van der Waals surface area contributed by atoms with Crippen molar-refractivity contribution in [1.82, 2.24) is 9.88 Å². The number of hydrogen-bond acceptors (Lipinski definition) is 5. The number of para-hydroxylation sites is 1. The van der Waals surface area contributed by atoms with Gasteiger partial charge in [-0.1, -0.05) is 42.5 Å². The zero-order valence-electron chi connectivity index (χ0n) is 18.9. The molecule has 0 fully saturated rings. The van der Waals surface area contributed by atoms with Gasteiger partial charge in [0.2, 0.25) is 5.75 Å². The number of aromatic nitrogens is 1. The quantitative estimate of drug-likeness (QED) is 0.471. The van der Waals surface area contributed by atoms with Crippen molar-refractivity contribution in [3.63, 3.8) is 0 Å². The number of ether oxygens (including phenoxy) is 3. The van der Waals surface area contributed by atoms with Crippen LogP contribution in [0, 0.1) is 0 Å². The smallest absolute Gasteiger partial charge is 0.203 e. The number of aromatic amines is 1. The Morgan fingerprint density at radius 2 is 1.58 bits per heavy atom. The van der Waals surface area contributed by atoms with Gasteiger partial charge in [0.1, 0.15) is 0 Å². The van der Waals surface area contributed by atoms with Crippen LogP contribution in [0.25, 0.3) is 10.9 Å². The Labute approximate surface area is 192 Å². The number of rotatable bonds is 6. The average Bonchev–Trinajstić information content (AvgIpc) is 3.21. The highest BCUT2D eigenvalue weighted by molar-refractivity contribution is 5.79. The first-order chi connectivity index (χ1) is 16.1. The van der Waals surface area contributed by atoms with Crippen LogP contribution in [0.2, 0.25) is 0 Å². The van der Waals surface area contributed by atoms with Crippen LogP contribution < -0.4 is 19.6 Å². The molecule has 0 radical (unpaired) electrons. The number of H-pyrrole nitrogens is 1. The van der Waals surface area contributed by atoms with Crippen LogP contribution in [-0.4, -0.2) is 31.2 Å². The molecule has 1 N–H and O–H groups in total. The van der Waals surface area contributed by atoms with Gasteiger partial charge in [0.05, 0.1) is 27.4 Å². The van der Waals surface area contributed by atoms with Crippen molar-refractivity contribution in [2.75, 3.05) is 21.3 Å². The lowest BCUT2D eigenvalue weighted by atomic mass is 10.00. The summed E-state index contributed by atoms with van der Waals surface area (Å²) in [5.41, 5.74) is 4.75. The minimum absolute atomic E-state index is 0.0763. The van der Waals surface area contributed by atoms with Gasteiger partial charge in [0, 0.05) is 35.2 Å². The summed E-state index contributed by atoms with van der Waals surface area (Å²) in [4.78, 5) is 19.3. The molecular formula is C27H26N2O4. The van der Waals surface area contributed by atoms with Crippen molar-refractivity contribution in [1.29, 1.82) is 0 Å². The Balaban J connectivity index is 1.71. The topological polar surface area (TPSA) is 63.8 Å². The average molecular weight is 443 g/mol. The van der Waals surface area contributed by atoms with E-state index < -0.39 is 0 Å². The molecular weight excluding hydrogens is 416 g/mol. The molecule has 33 heavy (non-hydrogen) atoms. The van der Waals surface area contributed by atoms with E-state index >= 15 is 0 Å². The number of nitrogens with zero attached hydrogens (tertiary/aromatic N) is 1. The summed E-state index contributed by atoms with van der Waals surface area (Å²) >= 11 is 0. The van der Waals surface area contributed by atoms with Gasteiger partial charge in [-0.25, -0.2) is 0 Å². The summed E-state index contributed by atoms with van der Waals surface area (Å²) < 4.78 is 16.8. The summed E-state index contributed by atoms with van der Waals surface area (Å²) in [5.74, 6) is 1.72. The third-order valence-corrected chi connectivity index (χ3v) is 6.27. The van der Waals surface area contributed by atoms with Gasteiger partial charge in [0.15, 0.2) is 16.9 Å². The molecule has 0 amide bonds. The van der Waals surface area contributed by atoms with E-state index in [0.717, 1.165) is 22.3 Å². The van der Waals surface area contributed by atoms with E-state index in [9.17, 15) is 4.79 Å². The van der Waals surface area contributed by atoms with Gasteiger partial charge in [-0.05, 0) is 35.4 Å². The van der Waals surface area contributed by atoms with Crippen molar-refractivity contribution in [3.8, 4) is 17.2 Å². The Bertz CT molecular complexity index is 1340. The third-order valence-electron chi connectivity index (χ3n) is 6.27. The number of pyridine rings is 1. The van der Waals surface area contributed by atoms with Gasteiger partial charge in [-0.15, -0.1) is 0 Å². The van der Waals surface area contributed by atoms with Gasteiger partial charge >= 0.3 is 0 Å². The first kappa shape index (κ1) is 21.1. The second-order valence-corrected chi connectivity index (χ2v) is 8.14. The van der Waals surface area contributed by atoms with Crippen molar-refractivity contribution < 1.29 is 14.2 Å². The predicted molar refractivity (Wildman–Crippen MR) is 128 cm³/mol. The van der Waals surface area contributed by atoms with Crippen LogP contribution in [0.5, 0.6) is 17.2 Å². The molecule has 2 heterocycles. The first-order valence-electron chi connectivity index (χ1n) is 10.9. The third kappa shape index (κ3) is 3.62. The molecule has 1 atom stereocenters. The molecule has 6 nitrogen and oxygen atoms in total. The Morgan fingerprint density at radius 3 is 2.24 bits per heavy atom. The molecule has 168 valence electrons. The van der Waals surface area contributed by atoms with Crippen LogP contribution in [0.4, 0.5) is 0 Å². The molecule has 6 heteroatoms. The van der Waals surface area contributed by atoms with E-state index in [4.69, 9.17) is 14.2 Å². The lowest BCUT2D eigenvalue weighted by Crippen LogP contribution is -2.23. The van der Waals surface area contributed by atoms with E-state index in [1.54, 1.807) is 21.3 Å². The van der Waals surface area contributed by atoms with Crippen LogP contribution in [0.15, 0.2) is 71.5 Å². The Morgan fingerprint density at radius 1 is 0.909 bits per heavy atom. The molecule has 0 bridgehead atoms. The molecule has 4 aromatic rings. The molecule has 0 spiro atoms. The van der Waals surface area contributed by atoms with Gasteiger partial charge in [-0.3, -0.25) is 9.69 Å². The van der Waals surface area contributed by atoms with Gasteiger partial charge < -0.3 is 19.2 Å². The molecule has 1 unspecified atom stereocenters. The predicted octanol–water partition coefficient (Wildman–Crippen LogP) is 4.66. The summed E-state index contributed by atoms with van der Waals surface area (Å²) in [7, 11) is 4.82. The molecule has 1 aromatic heterocycles. The van der Waals surface area contributed by atoms with Crippen LogP contribution in [0.3, 0.4) is 0 Å². The second kappa shape index (κ2) is 8.64. The summed E-state index contributed by atoms with van der Waals surface area (Å²) in [6, 6.07) is 21.7. The van der Waals surface area contributed by atoms with Crippen molar-refractivity contribution in [2.24, 2.45) is 0 Å². The minimum Gasteiger partial charge on any atom is -0.493 e. The van der Waals surface area contributed by atoms with E-state index in [2.05, 4.69) is 22.0 Å². The fourth-order valence-corrected chi connectivity index (χ4v) is 4.76. The lowest BCUT2D eigenvalue weighted by molar-refractivity contribution is 0.231. The number of methoxy groups -OCH3 is 3. The number of fused-ring (bicyclic) bond motifs is 2. The Hall–Kier alpha value is -3.77. The minimum atomic E-state index is -0.175. The molecule has 1 aliphatic rings. The molecule has 0 aliphatic carbocycles. The highest BCUT2D eigenvalue weighted by Gasteiger charge is 2.35. The zero-order valence-corrected chi connectivity index (χ0v) is 18.9. The summed E-state index contributed by atoms with van der Waals surface area (Å²) in [5, 5.41) is 0.710. The highest BCUT2D eigenvalue weighted by Crippen LogP contribution is 2.45. The maximum atomic E-state index is 13.4. The van der Waals surface area contributed by atoms with Crippen LogP contribution in [-0.2, 0) is 13.1 Å². The maximum Gasteiger partial charge on any atom is 0.203 e. The fraction of sp³-hybridized carbons (Fsp3) is 0.222. The Kier molecular flexibility index (Phi) is 5.52. The fourth-order valence-electron chi connectivity index (χ4n) is 4.76. The SMILES string of the molecule is COc1cc(C2c3[nH]c4ccccc4c(=O)c3CN2Cc2ccccc2)cc(OC)c1OC. The molecule has 0 saturated heterocycles. The molecule has 0 saturated carbocycles. The largest absolute Gasteiger partial charge is 0.493 e. The number of hydrogen-bond donors (Lipinski definition) is 1. The van der Waals surface area contributed by atoms with E-state index in [1.165, 1.54) is 5.56 Å². The van der Waals surface area contributed by atoms with Crippen molar-refractivity contribution in [3.05, 3.63) is 99.3 Å². The molecule has 5 rings (SSSR count). The van der Waals surface area contributed by atoms with Crippen molar-refractivity contribution >= 4 is 10.9 Å². The molecule has 3 aromatic carbocycles. The summed E-state index contributed by atoms with van der Waals surface area (Å²) in [6.45, 7) is 1.24. The van der Waals surface area contributed by atoms with Crippen molar-refractivity contribution in [2.45, 2.75) is 19.1 Å². The van der Waals surface area contributed by atoms with E-state index in [1.807, 2.05) is 54.6 Å². The van der Waals surface area contributed by atoms with E-state index in [0.29, 0.717) is 35.7 Å². The monoisotopic (exact) mass is 442 g/mol. The van der Waals surface area contributed by atoms with Crippen LogP contribution in [0.1, 0.15) is 28.4 Å². The van der Waals surface area contributed by atoms with Gasteiger partial charge in [0.25, 0.3) is 0 Å². The summed E-state index contributed by atoms with van der Waals surface area (Å²) in [6.07, 6.45) is 0. The first-order valence-corrected chi connectivity index (χ1v) is 10.9. The number of benzene rings is 3. The van der Waals surface area contributed by atoms with Crippen LogP contribution >= 0.6 is 0 Å². The second-order valence-electron chi connectivity index (χ2n) is 8.14. The van der Waals surface area contributed by atoms with E-state index in [-0.39, 0.29) is 11.5 Å². The maximum absolute atomic E-state index is 13.4. The standard InChI is InChI=1S/C27H26N2O4/c1-31-22-13-18(14-23(32-2)27(22)33-3)25-24-20(16-29(25)15-17-9-5-4-6-10-17)26(30)19-11-7-8-12-21(19)28-24/h4-14,25H,15-16H2,1-3H3,(H,28,30). The molecule has 1 aliphatic heterocycles. The zero-order chi connectivity index (χ0) is 22.9. The normalized spacial score (nSPS) is 15.4. The lowest BCUT2D eigenvalue weighted by Gasteiger charge is -2.26.